The van der Waals surface area contributed by atoms with E-state index < -0.39 is 6.10 Å². The number of aliphatic hydroxyl groups is 1. The highest BCUT2D eigenvalue weighted by atomic mass is 16.5. The highest BCUT2D eigenvalue weighted by Gasteiger charge is 2.24. The Labute approximate surface area is 174 Å². The number of rotatable bonds is 8. The molecule has 2 aliphatic rings. The van der Waals surface area contributed by atoms with Gasteiger partial charge in [-0.3, -0.25) is 4.99 Å². The van der Waals surface area contributed by atoms with Crippen LogP contribution in [0.15, 0.2) is 29.3 Å². The number of methoxy groups -OCH3 is 1. The standard InChI is InChI=1S/C22H35N3O4/c1-3-23-22(24-15-21(26)17-6-4-7-19(14-17)27-2)25-11-9-18(10-12-25)29-16-20-8-5-13-28-20/h4,6-7,14,18,20-21,26H,3,5,8-13,15-16H2,1-2H3,(H,23,24). The number of likely N-dealkylation sites (tertiary alicyclic amines) is 1. The largest absolute Gasteiger partial charge is 0.497 e. The summed E-state index contributed by atoms with van der Waals surface area (Å²) in [5.74, 6) is 1.59. The van der Waals surface area contributed by atoms with E-state index in [0.29, 0.717) is 19.3 Å². The van der Waals surface area contributed by atoms with Gasteiger partial charge in [0.15, 0.2) is 5.96 Å². The predicted octanol–water partition coefficient (Wildman–Crippen LogP) is 2.35. The molecule has 1 aromatic carbocycles. The number of ether oxygens (including phenoxy) is 3. The highest BCUT2D eigenvalue weighted by molar-refractivity contribution is 5.80. The van der Waals surface area contributed by atoms with Crippen molar-refractivity contribution in [3.05, 3.63) is 29.8 Å². The van der Waals surface area contributed by atoms with Gasteiger partial charge in [0.1, 0.15) is 5.75 Å². The molecule has 3 rings (SSSR count). The highest BCUT2D eigenvalue weighted by Crippen LogP contribution is 2.20. The van der Waals surface area contributed by atoms with Gasteiger partial charge < -0.3 is 29.5 Å². The first kappa shape index (κ1) is 21.9. The third kappa shape index (κ3) is 6.59. The zero-order chi connectivity index (χ0) is 20.5. The van der Waals surface area contributed by atoms with E-state index in [4.69, 9.17) is 14.2 Å². The SMILES string of the molecule is CCNC(=NCC(O)c1cccc(OC)c1)N1CCC(OCC2CCCO2)CC1. The van der Waals surface area contributed by atoms with Gasteiger partial charge >= 0.3 is 0 Å². The molecule has 1 aromatic rings. The molecule has 0 amide bonds. The summed E-state index contributed by atoms with van der Waals surface area (Å²) in [4.78, 5) is 6.94. The van der Waals surface area contributed by atoms with E-state index >= 15 is 0 Å². The Morgan fingerprint density at radius 2 is 2.17 bits per heavy atom. The molecule has 2 atom stereocenters. The van der Waals surface area contributed by atoms with Crippen LogP contribution in [-0.2, 0) is 9.47 Å². The van der Waals surface area contributed by atoms with E-state index in [9.17, 15) is 5.11 Å². The number of hydrogen-bond donors (Lipinski definition) is 2. The van der Waals surface area contributed by atoms with Crippen molar-refractivity contribution in [2.24, 2.45) is 4.99 Å². The third-order valence-electron chi connectivity index (χ3n) is 5.51. The minimum atomic E-state index is -0.661. The van der Waals surface area contributed by atoms with Gasteiger partial charge in [0, 0.05) is 26.2 Å². The van der Waals surface area contributed by atoms with Crippen molar-refractivity contribution in [2.45, 2.75) is 50.9 Å². The summed E-state index contributed by atoms with van der Waals surface area (Å²) >= 11 is 0. The Morgan fingerprint density at radius 1 is 1.34 bits per heavy atom. The van der Waals surface area contributed by atoms with Gasteiger partial charge in [-0.2, -0.15) is 0 Å². The molecule has 7 nitrogen and oxygen atoms in total. The molecule has 2 N–H and O–H groups in total. The number of piperidine rings is 1. The summed E-state index contributed by atoms with van der Waals surface area (Å²) in [5.41, 5.74) is 0.810. The molecule has 2 unspecified atom stereocenters. The Balaban J connectivity index is 1.49. The monoisotopic (exact) mass is 405 g/mol. The molecule has 2 fully saturated rings. The third-order valence-corrected chi connectivity index (χ3v) is 5.51. The number of nitrogens with one attached hydrogen (secondary N) is 1. The van der Waals surface area contributed by atoms with Crippen LogP contribution in [0, 0.1) is 0 Å². The summed E-state index contributed by atoms with van der Waals surface area (Å²) < 4.78 is 17.0. The molecule has 0 saturated carbocycles. The summed E-state index contributed by atoms with van der Waals surface area (Å²) in [7, 11) is 1.63. The van der Waals surface area contributed by atoms with E-state index in [-0.39, 0.29) is 6.10 Å². The molecule has 0 aliphatic carbocycles. The first-order chi connectivity index (χ1) is 14.2. The van der Waals surface area contributed by atoms with E-state index in [1.165, 1.54) is 0 Å². The van der Waals surface area contributed by atoms with Crippen LogP contribution in [0.4, 0.5) is 0 Å². The second kappa shape index (κ2) is 11.4. The molecule has 2 saturated heterocycles. The number of aliphatic imine (C=N–C) groups is 1. The maximum Gasteiger partial charge on any atom is 0.194 e. The molecule has 0 aromatic heterocycles. The van der Waals surface area contributed by atoms with Crippen molar-refractivity contribution in [2.75, 3.05) is 46.5 Å². The molecule has 2 aliphatic heterocycles. The minimum Gasteiger partial charge on any atom is -0.497 e. The van der Waals surface area contributed by atoms with E-state index in [1.54, 1.807) is 7.11 Å². The quantitative estimate of drug-likeness (QED) is 0.511. The molecule has 29 heavy (non-hydrogen) atoms. The molecule has 2 heterocycles. The van der Waals surface area contributed by atoms with Crippen LogP contribution < -0.4 is 10.1 Å². The van der Waals surface area contributed by atoms with Crippen LogP contribution in [0.5, 0.6) is 5.75 Å². The zero-order valence-electron chi connectivity index (χ0n) is 17.7. The number of benzene rings is 1. The Bertz CT molecular complexity index is 641. The number of guanidine groups is 1. The molecule has 0 spiro atoms. The second-order valence-electron chi connectivity index (χ2n) is 7.64. The summed E-state index contributed by atoms with van der Waals surface area (Å²) in [5, 5.41) is 13.9. The Morgan fingerprint density at radius 3 is 2.86 bits per heavy atom. The van der Waals surface area contributed by atoms with E-state index in [1.807, 2.05) is 24.3 Å². The lowest BCUT2D eigenvalue weighted by atomic mass is 10.1. The molecular formula is C22H35N3O4. The zero-order valence-corrected chi connectivity index (χ0v) is 17.7. The molecule has 162 valence electrons. The van der Waals surface area contributed by atoms with Crippen molar-refractivity contribution < 1.29 is 19.3 Å². The van der Waals surface area contributed by atoms with Crippen LogP contribution >= 0.6 is 0 Å². The van der Waals surface area contributed by atoms with E-state index in [2.05, 4.69) is 22.1 Å². The fourth-order valence-corrected chi connectivity index (χ4v) is 3.81. The fourth-order valence-electron chi connectivity index (χ4n) is 3.81. The van der Waals surface area contributed by atoms with Gasteiger partial charge in [0.2, 0.25) is 0 Å². The van der Waals surface area contributed by atoms with Gasteiger partial charge in [-0.05, 0) is 50.3 Å². The first-order valence-corrected chi connectivity index (χ1v) is 10.8. The maximum atomic E-state index is 10.5. The summed E-state index contributed by atoms with van der Waals surface area (Å²) in [6.07, 6.45) is 4.14. The van der Waals surface area contributed by atoms with Crippen LogP contribution in [0.2, 0.25) is 0 Å². The van der Waals surface area contributed by atoms with Gasteiger partial charge in [-0.25, -0.2) is 0 Å². The lowest BCUT2D eigenvalue weighted by Gasteiger charge is -2.34. The number of nitrogens with zero attached hydrogens (tertiary/aromatic N) is 2. The molecule has 0 radical (unpaired) electrons. The van der Waals surface area contributed by atoms with Crippen molar-refractivity contribution >= 4 is 5.96 Å². The molecule has 7 heteroatoms. The average Bonchev–Trinajstić information content (AvgIpc) is 3.29. The lowest BCUT2D eigenvalue weighted by Crippen LogP contribution is -2.47. The van der Waals surface area contributed by atoms with Gasteiger partial charge in [-0.15, -0.1) is 0 Å². The number of hydrogen-bond acceptors (Lipinski definition) is 5. The minimum absolute atomic E-state index is 0.282. The summed E-state index contributed by atoms with van der Waals surface area (Å²) in [6.45, 7) is 6.55. The van der Waals surface area contributed by atoms with Crippen LogP contribution in [0.25, 0.3) is 0 Å². The second-order valence-corrected chi connectivity index (χ2v) is 7.64. The van der Waals surface area contributed by atoms with Crippen LogP contribution in [0.1, 0.15) is 44.3 Å². The smallest absolute Gasteiger partial charge is 0.194 e. The van der Waals surface area contributed by atoms with Crippen molar-refractivity contribution in [1.82, 2.24) is 10.2 Å². The Kier molecular flexibility index (Phi) is 8.58. The molecule has 0 bridgehead atoms. The maximum absolute atomic E-state index is 10.5. The predicted molar refractivity (Wildman–Crippen MR) is 113 cm³/mol. The average molecular weight is 406 g/mol. The van der Waals surface area contributed by atoms with Crippen molar-refractivity contribution in [1.29, 1.82) is 0 Å². The number of aliphatic hydroxyl groups excluding tert-OH is 1. The summed E-state index contributed by atoms with van der Waals surface area (Å²) in [6, 6.07) is 7.50. The van der Waals surface area contributed by atoms with Crippen LogP contribution in [0.3, 0.4) is 0 Å². The Hall–Kier alpha value is -1.83. The van der Waals surface area contributed by atoms with Crippen LogP contribution in [-0.4, -0.2) is 74.7 Å². The van der Waals surface area contributed by atoms with Gasteiger partial charge in [0.05, 0.1) is 38.6 Å². The van der Waals surface area contributed by atoms with Gasteiger partial charge in [-0.1, -0.05) is 12.1 Å². The van der Waals surface area contributed by atoms with Gasteiger partial charge in [0.25, 0.3) is 0 Å². The topological polar surface area (TPSA) is 75.6 Å². The lowest BCUT2D eigenvalue weighted by molar-refractivity contribution is -0.0367. The molecular weight excluding hydrogens is 370 g/mol. The normalized spacial score (nSPS) is 22.0. The first-order valence-electron chi connectivity index (χ1n) is 10.8. The van der Waals surface area contributed by atoms with E-state index in [0.717, 1.165) is 69.2 Å². The van der Waals surface area contributed by atoms with Crippen molar-refractivity contribution in [3.8, 4) is 5.75 Å². The fraction of sp³-hybridized carbons (Fsp3) is 0.682. The van der Waals surface area contributed by atoms with Crippen molar-refractivity contribution in [3.63, 3.8) is 0 Å².